The van der Waals surface area contributed by atoms with Gasteiger partial charge in [0.1, 0.15) is 6.61 Å². The maximum atomic E-state index is 11.5. The van der Waals surface area contributed by atoms with Crippen molar-refractivity contribution < 1.29 is 9.53 Å². The third kappa shape index (κ3) is 5.49. The van der Waals surface area contributed by atoms with Crippen molar-refractivity contribution >= 4 is 18.1 Å². The molecule has 2 aromatic carbocycles. The monoisotopic (exact) mass is 278 g/mol. The summed E-state index contributed by atoms with van der Waals surface area (Å²) < 4.78 is 5.10. The Morgan fingerprint density at radius 3 is 2.33 bits per heavy atom. The van der Waals surface area contributed by atoms with Gasteiger partial charge in [0, 0.05) is 6.08 Å². The summed E-state index contributed by atoms with van der Waals surface area (Å²) in [6, 6.07) is 17.8. The summed E-state index contributed by atoms with van der Waals surface area (Å²) in [6.45, 7) is 2.32. The molecule has 2 rings (SSSR count). The zero-order chi connectivity index (χ0) is 14.9. The van der Waals surface area contributed by atoms with Crippen LogP contribution < -0.4 is 0 Å². The van der Waals surface area contributed by atoms with Crippen molar-refractivity contribution in [1.29, 1.82) is 0 Å². The first-order valence-corrected chi connectivity index (χ1v) is 6.87. The van der Waals surface area contributed by atoms with Crippen molar-refractivity contribution in [2.75, 3.05) is 6.61 Å². The topological polar surface area (TPSA) is 26.3 Å². The Labute approximate surface area is 125 Å². The number of rotatable bonds is 5. The van der Waals surface area contributed by atoms with Crippen LogP contribution in [0.5, 0.6) is 0 Å². The zero-order valence-corrected chi connectivity index (χ0v) is 12.0. The number of hydrogen-bond acceptors (Lipinski definition) is 2. The largest absolute Gasteiger partial charge is 0.458 e. The third-order valence-electron chi connectivity index (χ3n) is 2.92. The second-order valence-electron chi connectivity index (χ2n) is 4.69. The number of aryl methyl sites for hydroxylation is 1. The molecule has 0 heterocycles. The van der Waals surface area contributed by atoms with Gasteiger partial charge < -0.3 is 4.74 Å². The minimum absolute atomic E-state index is 0.270. The van der Waals surface area contributed by atoms with Crippen molar-refractivity contribution in [3.63, 3.8) is 0 Å². The van der Waals surface area contributed by atoms with E-state index in [1.807, 2.05) is 73.7 Å². The predicted molar refractivity (Wildman–Crippen MR) is 86.6 cm³/mol. The maximum Gasteiger partial charge on any atom is 0.331 e. The van der Waals surface area contributed by atoms with Gasteiger partial charge in [-0.05, 0) is 30.2 Å². The van der Waals surface area contributed by atoms with Crippen LogP contribution in [-0.2, 0) is 9.53 Å². The Balaban J connectivity index is 1.76. The lowest BCUT2D eigenvalue weighted by Crippen LogP contribution is -1.99. The molecule has 0 N–H and O–H groups in total. The van der Waals surface area contributed by atoms with Crippen molar-refractivity contribution in [3.05, 3.63) is 83.4 Å². The molecule has 21 heavy (non-hydrogen) atoms. The fraction of sp³-hybridized carbons (Fsp3) is 0.105. The summed E-state index contributed by atoms with van der Waals surface area (Å²) >= 11 is 0. The minimum atomic E-state index is -0.340. The van der Waals surface area contributed by atoms with Gasteiger partial charge in [-0.3, -0.25) is 0 Å². The van der Waals surface area contributed by atoms with E-state index in [-0.39, 0.29) is 12.6 Å². The molecule has 0 unspecified atom stereocenters. The molecule has 0 amide bonds. The lowest BCUT2D eigenvalue weighted by molar-refractivity contribution is -0.136. The van der Waals surface area contributed by atoms with Crippen molar-refractivity contribution in [1.82, 2.24) is 0 Å². The molecule has 106 valence electrons. The van der Waals surface area contributed by atoms with Gasteiger partial charge in [-0.1, -0.05) is 66.2 Å². The highest BCUT2D eigenvalue weighted by molar-refractivity contribution is 5.87. The van der Waals surface area contributed by atoms with E-state index in [9.17, 15) is 4.79 Å². The van der Waals surface area contributed by atoms with E-state index in [0.29, 0.717) is 0 Å². The highest BCUT2D eigenvalue weighted by Crippen LogP contribution is 2.05. The molecule has 0 atom stereocenters. The molecule has 0 saturated carbocycles. The molecule has 0 saturated heterocycles. The Bertz CT molecular complexity index is 622. The van der Waals surface area contributed by atoms with Crippen LogP contribution in [0, 0.1) is 6.92 Å². The summed E-state index contributed by atoms with van der Waals surface area (Å²) in [5, 5.41) is 0. The zero-order valence-electron chi connectivity index (χ0n) is 12.0. The van der Waals surface area contributed by atoms with Crippen molar-refractivity contribution in [2.45, 2.75) is 6.92 Å². The number of benzene rings is 2. The Hall–Kier alpha value is -2.61. The molecule has 0 radical (unpaired) electrons. The van der Waals surface area contributed by atoms with Gasteiger partial charge in [0.05, 0.1) is 0 Å². The summed E-state index contributed by atoms with van der Waals surface area (Å²) in [6.07, 6.45) is 6.95. The van der Waals surface area contributed by atoms with Crippen LogP contribution >= 0.6 is 0 Å². The lowest BCUT2D eigenvalue weighted by Gasteiger charge is -1.98. The molecule has 2 heteroatoms. The molecule has 0 spiro atoms. The van der Waals surface area contributed by atoms with Gasteiger partial charge in [-0.2, -0.15) is 0 Å². The highest BCUT2D eigenvalue weighted by atomic mass is 16.5. The normalized spacial score (nSPS) is 11.1. The van der Waals surface area contributed by atoms with Crippen LogP contribution in [0.3, 0.4) is 0 Å². The molecule has 0 aliphatic rings. The van der Waals surface area contributed by atoms with Crippen LogP contribution in [0.2, 0.25) is 0 Å². The molecular weight excluding hydrogens is 260 g/mol. The van der Waals surface area contributed by atoms with Crippen molar-refractivity contribution in [2.24, 2.45) is 0 Å². The van der Waals surface area contributed by atoms with E-state index in [1.165, 1.54) is 11.6 Å². The molecule has 2 aromatic rings. The van der Waals surface area contributed by atoms with Crippen molar-refractivity contribution in [3.8, 4) is 0 Å². The van der Waals surface area contributed by atoms with Gasteiger partial charge in [0.25, 0.3) is 0 Å². The summed E-state index contributed by atoms with van der Waals surface area (Å²) in [5.41, 5.74) is 3.30. The summed E-state index contributed by atoms with van der Waals surface area (Å²) in [7, 11) is 0. The van der Waals surface area contributed by atoms with Gasteiger partial charge in [-0.25, -0.2) is 4.79 Å². The average molecular weight is 278 g/mol. The Kier molecular flexibility index (Phi) is 5.53. The maximum absolute atomic E-state index is 11.5. The first-order chi connectivity index (χ1) is 10.2. The first kappa shape index (κ1) is 14.8. The smallest absolute Gasteiger partial charge is 0.331 e. The van der Waals surface area contributed by atoms with Gasteiger partial charge in [0.15, 0.2) is 0 Å². The second-order valence-corrected chi connectivity index (χ2v) is 4.69. The number of esters is 1. The Morgan fingerprint density at radius 2 is 1.62 bits per heavy atom. The fourth-order valence-electron chi connectivity index (χ4n) is 1.77. The van der Waals surface area contributed by atoms with E-state index in [4.69, 9.17) is 4.74 Å². The molecule has 2 nitrogen and oxygen atoms in total. The van der Waals surface area contributed by atoms with Crippen LogP contribution in [-0.4, -0.2) is 12.6 Å². The number of carbonyl (C=O) groups is 1. The third-order valence-corrected chi connectivity index (χ3v) is 2.92. The standard InChI is InChI=1S/C19H18O2/c1-16-9-11-18(12-10-16)8-5-15-21-19(20)14-13-17-6-3-2-4-7-17/h2-14H,15H2,1H3/b8-5+,14-13+. The van der Waals surface area contributed by atoms with Crippen LogP contribution in [0.1, 0.15) is 16.7 Å². The first-order valence-electron chi connectivity index (χ1n) is 6.87. The second kappa shape index (κ2) is 7.85. The van der Waals surface area contributed by atoms with Crippen LogP contribution in [0.4, 0.5) is 0 Å². The molecule has 0 aromatic heterocycles. The van der Waals surface area contributed by atoms with E-state index in [2.05, 4.69) is 0 Å². The SMILES string of the molecule is Cc1ccc(/C=C/COC(=O)/C=C/c2ccccc2)cc1. The Morgan fingerprint density at radius 1 is 0.952 bits per heavy atom. The average Bonchev–Trinajstić information content (AvgIpc) is 2.52. The fourth-order valence-corrected chi connectivity index (χ4v) is 1.77. The lowest BCUT2D eigenvalue weighted by atomic mass is 10.1. The molecular formula is C19H18O2. The van der Waals surface area contributed by atoms with E-state index in [1.54, 1.807) is 6.08 Å². The molecule has 0 fully saturated rings. The van der Waals surface area contributed by atoms with Gasteiger partial charge in [-0.15, -0.1) is 0 Å². The number of ether oxygens (including phenoxy) is 1. The van der Waals surface area contributed by atoms with E-state index < -0.39 is 0 Å². The van der Waals surface area contributed by atoms with Crippen LogP contribution in [0.15, 0.2) is 66.7 Å². The number of hydrogen-bond donors (Lipinski definition) is 0. The van der Waals surface area contributed by atoms with Gasteiger partial charge >= 0.3 is 5.97 Å². The van der Waals surface area contributed by atoms with Crippen LogP contribution in [0.25, 0.3) is 12.2 Å². The summed E-state index contributed by atoms with van der Waals surface area (Å²) in [5.74, 6) is -0.340. The van der Waals surface area contributed by atoms with E-state index >= 15 is 0 Å². The predicted octanol–water partition coefficient (Wildman–Crippen LogP) is 4.26. The highest BCUT2D eigenvalue weighted by Gasteiger charge is 1.94. The summed E-state index contributed by atoms with van der Waals surface area (Å²) in [4.78, 5) is 11.5. The molecule has 0 aliphatic carbocycles. The molecule has 0 bridgehead atoms. The minimum Gasteiger partial charge on any atom is -0.458 e. The number of carbonyl (C=O) groups excluding carboxylic acids is 1. The van der Waals surface area contributed by atoms with E-state index in [0.717, 1.165) is 11.1 Å². The molecule has 0 aliphatic heterocycles. The van der Waals surface area contributed by atoms with Gasteiger partial charge in [0.2, 0.25) is 0 Å². The quantitative estimate of drug-likeness (QED) is 0.603.